The minimum atomic E-state index is 0.145. The highest BCUT2D eigenvalue weighted by Crippen LogP contribution is 2.35. The SMILES string of the molecule is COc1ccc(NC2=CC(=O)C[C@H](c3ccc(C)cc3)C2)c(OC)c1. The molecular formula is C21H23NO3. The van der Waals surface area contributed by atoms with Crippen molar-refractivity contribution in [2.75, 3.05) is 19.5 Å². The maximum Gasteiger partial charge on any atom is 0.158 e. The molecule has 3 rings (SSSR count). The van der Waals surface area contributed by atoms with E-state index in [-0.39, 0.29) is 11.7 Å². The van der Waals surface area contributed by atoms with Gasteiger partial charge in [-0.2, -0.15) is 0 Å². The van der Waals surface area contributed by atoms with Crippen molar-refractivity contribution in [2.24, 2.45) is 0 Å². The summed E-state index contributed by atoms with van der Waals surface area (Å²) in [5.74, 6) is 1.76. The van der Waals surface area contributed by atoms with Crippen LogP contribution in [0.4, 0.5) is 5.69 Å². The lowest BCUT2D eigenvalue weighted by molar-refractivity contribution is -0.115. The van der Waals surface area contributed by atoms with E-state index in [9.17, 15) is 4.79 Å². The number of hydrogen-bond donors (Lipinski definition) is 1. The molecule has 0 saturated carbocycles. The second-order valence-corrected chi connectivity index (χ2v) is 6.34. The Morgan fingerprint density at radius 2 is 1.76 bits per heavy atom. The van der Waals surface area contributed by atoms with E-state index < -0.39 is 0 Å². The zero-order valence-corrected chi connectivity index (χ0v) is 14.8. The van der Waals surface area contributed by atoms with E-state index in [0.717, 1.165) is 23.6 Å². The Balaban J connectivity index is 1.80. The highest BCUT2D eigenvalue weighted by Gasteiger charge is 2.23. The first-order valence-corrected chi connectivity index (χ1v) is 8.38. The Morgan fingerprint density at radius 1 is 1.00 bits per heavy atom. The molecule has 0 aliphatic heterocycles. The van der Waals surface area contributed by atoms with Crippen LogP contribution in [0, 0.1) is 6.92 Å². The fourth-order valence-corrected chi connectivity index (χ4v) is 3.13. The molecule has 4 heteroatoms. The normalized spacial score (nSPS) is 17.0. The summed E-state index contributed by atoms with van der Waals surface area (Å²) in [4.78, 5) is 12.2. The Hall–Kier alpha value is -2.75. The summed E-state index contributed by atoms with van der Waals surface area (Å²) in [7, 11) is 3.24. The number of carbonyl (C=O) groups excluding carboxylic acids is 1. The van der Waals surface area contributed by atoms with Crippen LogP contribution in [0.5, 0.6) is 11.5 Å². The molecule has 2 aromatic rings. The molecule has 0 saturated heterocycles. The highest BCUT2D eigenvalue weighted by atomic mass is 16.5. The van der Waals surface area contributed by atoms with Crippen molar-refractivity contribution in [3.8, 4) is 11.5 Å². The molecule has 0 amide bonds. The van der Waals surface area contributed by atoms with Gasteiger partial charge in [0.05, 0.1) is 19.9 Å². The smallest absolute Gasteiger partial charge is 0.158 e. The van der Waals surface area contributed by atoms with Crippen molar-refractivity contribution in [3.63, 3.8) is 0 Å². The molecule has 0 spiro atoms. The third-order valence-corrected chi connectivity index (χ3v) is 4.50. The van der Waals surface area contributed by atoms with Crippen molar-refractivity contribution in [2.45, 2.75) is 25.7 Å². The number of carbonyl (C=O) groups is 1. The Morgan fingerprint density at radius 3 is 2.44 bits per heavy atom. The summed E-state index contributed by atoms with van der Waals surface area (Å²) in [6, 6.07) is 14.0. The van der Waals surface area contributed by atoms with Crippen molar-refractivity contribution >= 4 is 11.5 Å². The summed E-state index contributed by atoms with van der Waals surface area (Å²) in [6.45, 7) is 2.07. The highest BCUT2D eigenvalue weighted by molar-refractivity contribution is 5.92. The van der Waals surface area contributed by atoms with Crippen molar-refractivity contribution in [1.29, 1.82) is 0 Å². The first-order valence-electron chi connectivity index (χ1n) is 8.38. The van der Waals surface area contributed by atoms with Crippen molar-refractivity contribution in [1.82, 2.24) is 0 Å². The van der Waals surface area contributed by atoms with Crippen LogP contribution in [0.1, 0.15) is 29.9 Å². The van der Waals surface area contributed by atoms with Gasteiger partial charge in [0, 0.05) is 24.3 Å². The fourth-order valence-electron chi connectivity index (χ4n) is 3.13. The number of rotatable bonds is 5. The van der Waals surface area contributed by atoms with Gasteiger partial charge in [0.1, 0.15) is 11.5 Å². The van der Waals surface area contributed by atoms with Gasteiger partial charge in [-0.1, -0.05) is 29.8 Å². The molecule has 0 heterocycles. The van der Waals surface area contributed by atoms with Crippen LogP contribution in [0.3, 0.4) is 0 Å². The van der Waals surface area contributed by atoms with Gasteiger partial charge in [-0.25, -0.2) is 0 Å². The van der Waals surface area contributed by atoms with Gasteiger partial charge < -0.3 is 14.8 Å². The minimum Gasteiger partial charge on any atom is -0.497 e. The summed E-state index contributed by atoms with van der Waals surface area (Å²) >= 11 is 0. The predicted molar refractivity (Wildman–Crippen MR) is 99.4 cm³/mol. The third-order valence-electron chi connectivity index (χ3n) is 4.50. The van der Waals surface area contributed by atoms with E-state index in [1.807, 2.05) is 18.2 Å². The number of aryl methyl sites for hydroxylation is 1. The zero-order chi connectivity index (χ0) is 17.8. The number of allylic oxidation sites excluding steroid dienone is 2. The zero-order valence-electron chi connectivity index (χ0n) is 14.8. The fraction of sp³-hybridized carbons (Fsp3) is 0.286. The minimum absolute atomic E-state index is 0.145. The van der Waals surface area contributed by atoms with Gasteiger partial charge in [-0.3, -0.25) is 4.79 Å². The number of ether oxygens (including phenoxy) is 2. The maximum atomic E-state index is 12.2. The lowest BCUT2D eigenvalue weighted by atomic mass is 9.85. The number of anilines is 1. The van der Waals surface area contributed by atoms with E-state index in [1.165, 1.54) is 11.1 Å². The van der Waals surface area contributed by atoms with Crippen LogP contribution in [-0.2, 0) is 4.79 Å². The maximum absolute atomic E-state index is 12.2. The van der Waals surface area contributed by atoms with Gasteiger partial charge in [0.2, 0.25) is 0 Å². The first-order chi connectivity index (χ1) is 12.1. The average molecular weight is 337 g/mol. The van der Waals surface area contributed by atoms with Crippen molar-refractivity contribution < 1.29 is 14.3 Å². The van der Waals surface area contributed by atoms with Crippen LogP contribution in [0.25, 0.3) is 0 Å². The molecule has 0 unspecified atom stereocenters. The van der Waals surface area contributed by atoms with E-state index in [1.54, 1.807) is 20.3 Å². The van der Waals surface area contributed by atoms with E-state index in [2.05, 4.69) is 36.5 Å². The number of nitrogens with one attached hydrogen (secondary N) is 1. The largest absolute Gasteiger partial charge is 0.497 e. The van der Waals surface area contributed by atoms with Crippen LogP contribution in [0.2, 0.25) is 0 Å². The molecule has 130 valence electrons. The van der Waals surface area contributed by atoms with Gasteiger partial charge >= 0.3 is 0 Å². The van der Waals surface area contributed by atoms with E-state index in [0.29, 0.717) is 12.2 Å². The number of hydrogen-bond acceptors (Lipinski definition) is 4. The van der Waals surface area contributed by atoms with Crippen molar-refractivity contribution in [3.05, 3.63) is 65.4 Å². The topological polar surface area (TPSA) is 47.6 Å². The molecular weight excluding hydrogens is 314 g/mol. The number of ketones is 1. The molecule has 1 N–H and O–H groups in total. The second kappa shape index (κ2) is 7.43. The third kappa shape index (κ3) is 4.02. The first kappa shape index (κ1) is 17.1. The summed E-state index contributed by atoms with van der Waals surface area (Å²) in [5, 5.41) is 3.35. The standard InChI is InChI=1S/C21H23NO3/c1-14-4-6-15(7-5-14)16-10-17(12-18(23)11-16)22-20-9-8-19(24-2)13-21(20)25-3/h4-9,12-13,16,22H,10-11H2,1-3H3/t16-/m1/s1. The van der Waals surface area contributed by atoms with Gasteiger partial charge in [0.15, 0.2) is 5.78 Å². The predicted octanol–water partition coefficient (Wildman–Crippen LogP) is 4.45. The molecule has 25 heavy (non-hydrogen) atoms. The molecule has 1 aliphatic carbocycles. The Kier molecular flexibility index (Phi) is 5.08. The van der Waals surface area contributed by atoms with Crippen LogP contribution in [-0.4, -0.2) is 20.0 Å². The van der Waals surface area contributed by atoms with E-state index >= 15 is 0 Å². The Bertz CT molecular complexity index is 793. The second-order valence-electron chi connectivity index (χ2n) is 6.34. The Labute approximate surface area is 148 Å². The molecule has 0 fully saturated rings. The summed E-state index contributed by atoms with van der Waals surface area (Å²) in [5.41, 5.74) is 4.16. The van der Waals surface area contributed by atoms with Crippen LogP contribution in [0.15, 0.2) is 54.2 Å². The van der Waals surface area contributed by atoms with Crippen LogP contribution < -0.4 is 14.8 Å². The molecule has 0 bridgehead atoms. The molecule has 0 radical (unpaired) electrons. The number of benzene rings is 2. The number of methoxy groups -OCH3 is 2. The molecule has 1 atom stereocenters. The lowest BCUT2D eigenvalue weighted by Crippen LogP contribution is -2.17. The quantitative estimate of drug-likeness (QED) is 0.875. The molecule has 2 aromatic carbocycles. The monoisotopic (exact) mass is 337 g/mol. The van der Waals surface area contributed by atoms with Crippen LogP contribution >= 0.6 is 0 Å². The van der Waals surface area contributed by atoms with E-state index in [4.69, 9.17) is 9.47 Å². The molecule has 0 aromatic heterocycles. The average Bonchev–Trinajstić information content (AvgIpc) is 2.62. The van der Waals surface area contributed by atoms with Gasteiger partial charge in [-0.05, 0) is 37.0 Å². The molecule has 1 aliphatic rings. The molecule has 4 nitrogen and oxygen atoms in total. The summed E-state index contributed by atoms with van der Waals surface area (Å²) < 4.78 is 10.7. The van der Waals surface area contributed by atoms with Gasteiger partial charge in [0.25, 0.3) is 0 Å². The van der Waals surface area contributed by atoms with Gasteiger partial charge in [-0.15, -0.1) is 0 Å². The lowest BCUT2D eigenvalue weighted by Gasteiger charge is -2.24. The summed E-state index contributed by atoms with van der Waals surface area (Å²) in [6.07, 6.45) is 3.05.